The quantitative estimate of drug-likeness (QED) is 0.331. The van der Waals surface area contributed by atoms with E-state index < -0.39 is 0 Å². The number of aromatic nitrogens is 2. The normalized spacial score (nSPS) is 13.5. The molecular weight excluding hydrogens is 490 g/mol. The third kappa shape index (κ3) is 7.87. The van der Waals surface area contributed by atoms with Crippen LogP contribution >= 0.6 is 0 Å². The summed E-state index contributed by atoms with van der Waals surface area (Å²) in [6.07, 6.45) is 6.86. The van der Waals surface area contributed by atoms with Crippen molar-refractivity contribution in [3.05, 3.63) is 77.5 Å². The number of aryl methyl sites for hydroxylation is 1. The number of likely N-dealkylation sites (N-methyl/N-ethyl adjacent to an activating group) is 1. The number of piperidine rings is 1. The summed E-state index contributed by atoms with van der Waals surface area (Å²) in [7, 11) is 3.87. The van der Waals surface area contributed by atoms with Gasteiger partial charge >= 0.3 is 0 Å². The minimum absolute atomic E-state index is 0.212. The van der Waals surface area contributed by atoms with E-state index in [-0.39, 0.29) is 11.8 Å². The molecule has 2 aromatic carbocycles. The molecule has 3 aromatic rings. The zero-order valence-electron chi connectivity index (χ0n) is 23.1. The van der Waals surface area contributed by atoms with Gasteiger partial charge in [0.15, 0.2) is 0 Å². The number of nitrogens with one attached hydrogen (secondary N) is 3. The van der Waals surface area contributed by atoms with E-state index in [0.29, 0.717) is 23.5 Å². The van der Waals surface area contributed by atoms with Crippen molar-refractivity contribution in [3.8, 4) is 0 Å². The average molecular weight is 528 g/mol. The third-order valence-electron chi connectivity index (χ3n) is 6.55. The third-order valence-corrected chi connectivity index (χ3v) is 6.55. The summed E-state index contributed by atoms with van der Waals surface area (Å²) in [6, 6.07) is 14.3. The molecule has 1 aliphatic heterocycles. The molecule has 0 atom stereocenters. The number of nitrogens with zero attached hydrogens (tertiary/aromatic N) is 4. The first-order valence-corrected chi connectivity index (χ1v) is 13.3. The number of carbonyl (C=O) groups excluding carboxylic acids is 2. The Morgan fingerprint density at radius 1 is 0.923 bits per heavy atom. The smallest absolute Gasteiger partial charge is 0.255 e. The number of carbonyl (C=O) groups is 2. The lowest BCUT2D eigenvalue weighted by Crippen LogP contribution is -2.31. The Kier molecular flexibility index (Phi) is 9.27. The first kappa shape index (κ1) is 27.8. The first-order valence-electron chi connectivity index (χ1n) is 13.3. The molecular formula is C30H37N7O2. The topological polar surface area (TPSA) is 102 Å². The number of hydrogen-bond acceptors (Lipinski definition) is 7. The van der Waals surface area contributed by atoms with E-state index in [4.69, 9.17) is 9.97 Å². The van der Waals surface area contributed by atoms with Crippen LogP contribution in [-0.4, -0.2) is 60.4 Å². The molecule has 1 fully saturated rings. The maximum atomic E-state index is 12.9. The monoisotopic (exact) mass is 527 g/mol. The summed E-state index contributed by atoms with van der Waals surface area (Å²) in [6.45, 7) is 6.65. The minimum atomic E-state index is -0.239. The minimum Gasteiger partial charge on any atom is -0.341 e. The molecule has 4 rings (SSSR count). The van der Waals surface area contributed by atoms with Crippen LogP contribution in [0, 0.1) is 13.8 Å². The van der Waals surface area contributed by atoms with Crippen molar-refractivity contribution in [1.82, 2.24) is 14.9 Å². The van der Waals surface area contributed by atoms with Crippen molar-refractivity contribution in [2.75, 3.05) is 54.6 Å². The molecule has 1 aliphatic rings. The Morgan fingerprint density at radius 2 is 1.64 bits per heavy atom. The van der Waals surface area contributed by atoms with E-state index in [1.54, 1.807) is 30.3 Å². The van der Waals surface area contributed by atoms with Gasteiger partial charge in [0.05, 0.1) is 0 Å². The molecule has 0 unspecified atom stereocenters. The van der Waals surface area contributed by atoms with Gasteiger partial charge in [0, 0.05) is 59.6 Å². The molecule has 0 spiro atoms. The van der Waals surface area contributed by atoms with Crippen LogP contribution in [0.1, 0.15) is 40.9 Å². The van der Waals surface area contributed by atoms with Crippen molar-refractivity contribution in [2.24, 2.45) is 0 Å². The van der Waals surface area contributed by atoms with Gasteiger partial charge in [0.1, 0.15) is 5.82 Å². The lowest BCUT2D eigenvalue weighted by molar-refractivity contribution is -0.111. The predicted molar refractivity (Wildman–Crippen MR) is 158 cm³/mol. The van der Waals surface area contributed by atoms with Crippen molar-refractivity contribution in [2.45, 2.75) is 33.1 Å². The molecule has 2 amide bonds. The van der Waals surface area contributed by atoms with Crippen LogP contribution in [0.2, 0.25) is 0 Å². The van der Waals surface area contributed by atoms with E-state index in [1.165, 1.54) is 12.5 Å². The summed E-state index contributed by atoms with van der Waals surface area (Å²) in [5.41, 5.74) is 4.53. The van der Waals surface area contributed by atoms with Crippen LogP contribution in [0.4, 0.5) is 28.8 Å². The van der Waals surface area contributed by atoms with Gasteiger partial charge in [-0.3, -0.25) is 9.59 Å². The number of amides is 2. The second kappa shape index (κ2) is 13.0. The molecule has 9 nitrogen and oxygen atoms in total. The van der Waals surface area contributed by atoms with E-state index in [0.717, 1.165) is 54.6 Å². The Labute approximate surface area is 230 Å². The van der Waals surface area contributed by atoms with Gasteiger partial charge < -0.3 is 25.8 Å². The maximum absolute atomic E-state index is 12.9. The molecule has 1 aromatic heterocycles. The van der Waals surface area contributed by atoms with Crippen LogP contribution in [0.5, 0.6) is 0 Å². The van der Waals surface area contributed by atoms with E-state index in [1.807, 2.05) is 57.1 Å². The predicted octanol–water partition coefficient (Wildman–Crippen LogP) is 5.14. The molecule has 9 heteroatoms. The number of benzene rings is 2. The van der Waals surface area contributed by atoms with Gasteiger partial charge in [-0.2, -0.15) is 4.98 Å². The number of anilines is 5. The van der Waals surface area contributed by atoms with Crippen LogP contribution in [0.15, 0.2) is 60.7 Å². The van der Waals surface area contributed by atoms with Crippen molar-refractivity contribution < 1.29 is 9.59 Å². The van der Waals surface area contributed by atoms with Gasteiger partial charge in [0.2, 0.25) is 11.9 Å². The lowest BCUT2D eigenvalue weighted by Gasteiger charge is -2.27. The van der Waals surface area contributed by atoms with Gasteiger partial charge in [-0.25, -0.2) is 4.98 Å². The van der Waals surface area contributed by atoms with E-state index in [9.17, 15) is 9.59 Å². The highest BCUT2D eigenvalue weighted by molar-refractivity contribution is 6.05. The molecule has 0 radical (unpaired) electrons. The molecule has 0 aliphatic carbocycles. The van der Waals surface area contributed by atoms with E-state index >= 15 is 0 Å². The highest BCUT2D eigenvalue weighted by atomic mass is 16.2. The molecule has 0 saturated carbocycles. The van der Waals surface area contributed by atoms with Crippen molar-refractivity contribution in [1.29, 1.82) is 0 Å². The largest absolute Gasteiger partial charge is 0.341 e. The fourth-order valence-corrected chi connectivity index (χ4v) is 4.25. The second-order valence-corrected chi connectivity index (χ2v) is 10.0. The Bertz CT molecular complexity index is 1330. The SMILES string of the molecule is Cc1nc(N2CCCCC2)nc(Nc2cccc(NC(=O)c3ccc(NC(=O)/C=C/CN(C)C)cc3)c2)c1C. The molecule has 1 saturated heterocycles. The van der Waals surface area contributed by atoms with Gasteiger partial charge in [-0.05, 0) is 89.7 Å². The summed E-state index contributed by atoms with van der Waals surface area (Å²) < 4.78 is 0. The summed E-state index contributed by atoms with van der Waals surface area (Å²) in [4.78, 5) is 38.7. The van der Waals surface area contributed by atoms with Crippen LogP contribution in [-0.2, 0) is 4.79 Å². The highest BCUT2D eigenvalue weighted by Gasteiger charge is 2.17. The van der Waals surface area contributed by atoms with Gasteiger partial charge in [-0.1, -0.05) is 12.1 Å². The molecule has 204 valence electrons. The average Bonchev–Trinajstić information content (AvgIpc) is 2.92. The van der Waals surface area contributed by atoms with E-state index in [2.05, 4.69) is 20.9 Å². The van der Waals surface area contributed by atoms with Crippen molar-refractivity contribution >= 4 is 40.6 Å². The molecule has 39 heavy (non-hydrogen) atoms. The highest BCUT2D eigenvalue weighted by Crippen LogP contribution is 2.26. The fraction of sp³-hybridized carbons (Fsp3) is 0.333. The van der Waals surface area contributed by atoms with Crippen LogP contribution in [0.3, 0.4) is 0 Å². The van der Waals surface area contributed by atoms with Crippen LogP contribution in [0.25, 0.3) is 0 Å². The standard InChI is InChI=1S/C30H37N7O2/c1-21-22(2)31-30(37-18-6-5-7-19-37)35-28(21)33-25-10-8-11-26(20-25)34-29(39)23-13-15-24(16-14-23)32-27(38)12-9-17-36(3)4/h8-16,20H,5-7,17-19H2,1-4H3,(H,32,38)(H,34,39)(H,31,33,35)/b12-9+. The van der Waals surface area contributed by atoms with Gasteiger partial charge in [0.25, 0.3) is 5.91 Å². The molecule has 0 bridgehead atoms. The Morgan fingerprint density at radius 3 is 2.36 bits per heavy atom. The number of rotatable bonds is 9. The fourth-order valence-electron chi connectivity index (χ4n) is 4.25. The lowest BCUT2D eigenvalue weighted by atomic mass is 10.1. The zero-order valence-corrected chi connectivity index (χ0v) is 23.1. The summed E-state index contributed by atoms with van der Waals surface area (Å²) in [5.74, 6) is 1.07. The van der Waals surface area contributed by atoms with Gasteiger partial charge in [-0.15, -0.1) is 0 Å². The molecule has 2 heterocycles. The maximum Gasteiger partial charge on any atom is 0.255 e. The van der Waals surface area contributed by atoms with Crippen LogP contribution < -0.4 is 20.9 Å². The molecule has 3 N–H and O–H groups in total. The summed E-state index contributed by atoms with van der Waals surface area (Å²) in [5, 5.41) is 9.16. The Hall–Kier alpha value is -4.24. The van der Waals surface area contributed by atoms with Crippen molar-refractivity contribution in [3.63, 3.8) is 0 Å². The second-order valence-electron chi connectivity index (χ2n) is 10.0. The zero-order chi connectivity index (χ0) is 27.8. The first-order chi connectivity index (χ1) is 18.8. The summed E-state index contributed by atoms with van der Waals surface area (Å²) >= 11 is 0. The number of hydrogen-bond donors (Lipinski definition) is 3. The Balaban J connectivity index is 1.39.